The fraction of sp³-hybridized carbons (Fsp3) is 0.300. The van der Waals surface area contributed by atoms with Crippen molar-refractivity contribution in [3.8, 4) is 5.75 Å². The molecule has 0 heterocycles. The number of hydrogen-bond acceptors (Lipinski definition) is 2. The molecule has 0 aliphatic carbocycles. The lowest BCUT2D eigenvalue weighted by Gasteiger charge is -2.13. The molecule has 5 heteroatoms. The highest BCUT2D eigenvalue weighted by Gasteiger charge is 2.11. The average molecular weight is 215 g/mol. The molecular formula is C10H11F2NO2. The highest BCUT2D eigenvalue weighted by molar-refractivity contribution is 5.74. The largest absolute Gasteiger partial charge is 0.487 e. The van der Waals surface area contributed by atoms with E-state index < -0.39 is 23.6 Å². The minimum atomic E-state index is -0.800. The minimum Gasteiger partial charge on any atom is -0.487 e. The first kappa shape index (κ1) is 11.4. The van der Waals surface area contributed by atoms with E-state index in [0.717, 1.165) is 6.07 Å². The monoisotopic (exact) mass is 215 g/mol. The van der Waals surface area contributed by atoms with E-state index in [9.17, 15) is 13.6 Å². The number of carbonyl (C=O) groups excluding carboxylic acids is 1. The second-order valence-electron chi connectivity index (χ2n) is 3.17. The molecule has 0 saturated carbocycles. The molecule has 0 radical (unpaired) electrons. The quantitative estimate of drug-likeness (QED) is 0.829. The van der Waals surface area contributed by atoms with Crippen molar-refractivity contribution in [1.82, 2.24) is 0 Å². The van der Waals surface area contributed by atoms with Crippen molar-refractivity contribution in [2.45, 2.75) is 19.4 Å². The summed E-state index contributed by atoms with van der Waals surface area (Å²) in [5, 5.41) is 0. The summed E-state index contributed by atoms with van der Waals surface area (Å²) in [6, 6.07) is 2.96. The third-order valence-corrected chi connectivity index (χ3v) is 1.71. The molecule has 82 valence electrons. The molecule has 0 saturated heterocycles. The van der Waals surface area contributed by atoms with Crippen molar-refractivity contribution >= 4 is 5.91 Å². The van der Waals surface area contributed by atoms with E-state index in [1.807, 2.05) is 0 Å². The molecule has 0 fully saturated rings. The van der Waals surface area contributed by atoms with Gasteiger partial charge in [-0.05, 0) is 19.1 Å². The minimum absolute atomic E-state index is 0.0170. The molecule has 15 heavy (non-hydrogen) atoms. The van der Waals surface area contributed by atoms with Gasteiger partial charge in [-0.3, -0.25) is 4.79 Å². The van der Waals surface area contributed by atoms with Gasteiger partial charge in [-0.25, -0.2) is 8.78 Å². The standard InChI is InChI=1S/C10H11F2NO2/c1-6(4-10(13)14)15-9-3-2-7(11)5-8(9)12/h2-3,5-6H,4H2,1H3,(H2,13,14). The Labute approximate surface area is 85.8 Å². The van der Waals surface area contributed by atoms with Gasteiger partial charge < -0.3 is 10.5 Å². The highest BCUT2D eigenvalue weighted by atomic mass is 19.1. The van der Waals surface area contributed by atoms with E-state index in [-0.39, 0.29) is 12.2 Å². The number of ether oxygens (including phenoxy) is 1. The van der Waals surface area contributed by atoms with Gasteiger partial charge in [-0.2, -0.15) is 0 Å². The van der Waals surface area contributed by atoms with Gasteiger partial charge in [0, 0.05) is 6.07 Å². The molecule has 1 aromatic rings. The molecule has 3 nitrogen and oxygen atoms in total. The van der Waals surface area contributed by atoms with E-state index in [4.69, 9.17) is 10.5 Å². The molecule has 1 atom stereocenters. The van der Waals surface area contributed by atoms with Crippen molar-refractivity contribution < 1.29 is 18.3 Å². The van der Waals surface area contributed by atoms with E-state index in [1.165, 1.54) is 6.07 Å². The van der Waals surface area contributed by atoms with Crippen molar-refractivity contribution in [3.05, 3.63) is 29.8 Å². The van der Waals surface area contributed by atoms with Crippen LogP contribution in [0.2, 0.25) is 0 Å². The zero-order valence-electron chi connectivity index (χ0n) is 8.17. The number of halogens is 2. The van der Waals surface area contributed by atoms with E-state index in [2.05, 4.69) is 0 Å². The Balaban J connectivity index is 2.68. The first-order valence-electron chi connectivity index (χ1n) is 4.39. The predicted molar refractivity (Wildman–Crippen MR) is 50.3 cm³/mol. The number of benzene rings is 1. The molecule has 2 N–H and O–H groups in total. The summed E-state index contributed by atoms with van der Waals surface area (Å²) in [6.45, 7) is 1.58. The number of hydrogen-bond donors (Lipinski definition) is 1. The van der Waals surface area contributed by atoms with Gasteiger partial charge in [0.1, 0.15) is 11.9 Å². The maximum absolute atomic E-state index is 13.1. The van der Waals surface area contributed by atoms with Crippen LogP contribution in [-0.4, -0.2) is 12.0 Å². The maximum Gasteiger partial charge on any atom is 0.221 e. The van der Waals surface area contributed by atoms with Crippen molar-refractivity contribution in [1.29, 1.82) is 0 Å². The van der Waals surface area contributed by atoms with Crippen molar-refractivity contribution in [2.75, 3.05) is 0 Å². The van der Waals surface area contributed by atoms with Crippen LogP contribution in [0, 0.1) is 11.6 Å². The van der Waals surface area contributed by atoms with Gasteiger partial charge >= 0.3 is 0 Å². The Kier molecular flexibility index (Phi) is 3.60. The zero-order valence-corrected chi connectivity index (χ0v) is 8.17. The van der Waals surface area contributed by atoms with Crippen LogP contribution in [0.15, 0.2) is 18.2 Å². The molecule has 0 aliphatic heterocycles. The summed E-state index contributed by atoms with van der Waals surface area (Å²) in [5.74, 6) is -2.11. The highest BCUT2D eigenvalue weighted by Crippen LogP contribution is 2.19. The Morgan fingerprint density at radius 3 is 2.73 bits per heavy atom. The van der Waals surface area contributed by atoms with Crippen LogP contribution in [-0.2, 0) is 4.79 Å². The predicted octanol–water partition coefficient (Wildman–Crippen LogP) is 1.61. The summed E-state index contributed by atoms with van der Waals surface area (Å²) < 4.78 is 30.7. The second kappa shape index (κ2) is 4.72. The third kappa shape index (κ3) is 3.53. The lowest BCUT2D eigenvalue weighted by molar-refractivity contribution is -0.119. The van der Waals surface area contributed by atoms with E-state index in [1.54, 1.807) is 6.92 Å². The Morgan fingerprint density at radius 2 is 2.20 bits per heavy atom. The zero-order chi connectivity index (χ0) is 11.4. The van der Waals surface area contributed by atoms with Crippen molar-refractivity contribution in [3.63, 3.8) is 0 Å². The maximum atomic E-state index is 13.1. The van der Waals surface area contributed by atoms with Gasteiger partial charge in [0.15, 0.2) is 11.6 Å². The van der Waals surface area contributed by atoms with Gasteiger partial charge in [0.05, 0.1) is 6.42 Å². The van der Waals surface area contributed by atoms with Gasteiger partial charge in [0.2, 0.25) is 5.91 Å². The first-order chi connectivity index (χ1) is 6.99. The fourth-order valence-electron chi connectivity index (χ4n) is 1.11. The van der Waals surface area contributed by atoms with Gasteiger partial charge in [-0.15, -0.1) is 0 Å². The smallest absolute Gasteiger partial charge is 0.221 e. The lowest BCUT2D eigenvalue weighted by Crippen LogP contribution is -2.22. The van der Waals surface area contributed by atoms with E-state index in [0.29, 0.717) is 6.07 Å². The normalized spacial score (nSPS) is 12.2. The van der Waals surface area contributed by atoms with Crippen LogP contribution in [0.1, 0.15) is 13.3 Å². The molecule has 0 aromatic heterocycles. The Morgan fingerprint density at radius 1 is 1.53 bits per heavy atom. The Hall–Kier alpha value is -1.65. The average Bonchev–Trinajstić information content (AvgIpc) is 2.08. The first-order valence-corrected chi connectivity index (χ1v) is 4.39. The van der Waals surface area contributed by atoms with Gasteiger partial charge in [-0.1, -0.05) is 0 Å². The molecule has 1 aromatic carbocycles. The van der Waals surface area contributed by atoms with Crippen LogP contribution in [0.3, 0.4) is 0 Å². The lowest BCUT2D eigenvalue weighted by atomic mass is 10.2. The second-order valence-corrected chi connectivity index (χ2v) is 3.17. The van der Waals surface area contributed by atoms with Crippen LogP contribution in [0.5, 0.6) is 5.75 Å². The van der Waals surface area contributed by atoms with Crippen LogP contribution < -0.4 is 10.5 Å². The van der Waals surface area contributed by atoms with Gasteiger partial charge in [0.25, 0.3) is 0 Å². The molecule has 0 spiro atoms. The summed E-state index contributed by atoms with van der Waals surface area (Å²) in [7, 11) is 0. The number of carbonyl (C=O) groups is 1. The fourth-order valence-corrected chi connectivity index (χ4v) is 1.11. The SMILES string of the molecule is CC(CC(N)=O)Oc1ccc(F)cc1F. The van der Waals surface area contributed by atoms with Crippen LogP contribution in [0.25, 0.3) is 0 Å². The summed E-state index contributed by atoms with van der Waals surface area (Å²) in [5.41, 5.74) is 4.94. The van der Waals surface area contributed by atoms with Crippen molar-refractivity contribution in [2.24, 2.45) is 5.73 Å². The topological polar surface area (TPSA) is 52.3 Å². The third-order valence-electron chi connectivity index (χ3n) is 1.71. The molecule has 0 aliphatic rings. The molecule has 1 unspecified atom stereocenters. The van der Waals surface area contributed by atoms with Crippen LogP contribution >= 0.6 is 0 Å². The molecule has 1 amide bonds. The summed E-state index contributed by atoms with van der Waals surface area (Å²) >= 11 is 0. The molecular weight excluding hydrogens is 204 g/mol. The van der Waals surface area contributed by atoms with Crippen LogP contribution in [0.4, 0.5) is 8.78 Å². The van der Waals surface area contributed by atoms with E-state index >= 15 is 0 Å². The number of primary amides is 1. The number of amides is 1. The number of rotatable bonds is 4. The molecule has 1 rings (SSSR count). The summed E-state index contributed by atoms with van der Waals surface area (Å²) in [4.78, 5) is 10.5. The summed E-state index contributed by atoms with van der Waals surface area (Å²) in [6.07, 6.45) is -0.556. The molecule has 0 bridgehead atoms. The Bertz CT molecular complexity index is 368. The number of nitrogens with two attached hydrogens (primary N) is 1.